The Hall–Kier alpha value is -0.770. The first-order chi connectivity index (χ1) is 9.72. The van der Waals surface area contributed by atoms with Gasteiger partial charge in [-0.3, -0.25) is 4.79 Å². The van der Waals surface area contributed by atoms with Gasteiger partial charge >= 0.3 is 0 Å². The Morgan fingerprint density at radius 1 is 1.24 bits per heavy atom. The fourth-order valence-electron chi connectivity index (χ4n) is 2.71. The minimum atomic E-state index is 0. The van der Waals surface area contributed by atoms with Crippen LogP contribution < -0.4 is 5.73 Å². The second kappa shape index (κ2) is 9.29. The van der Waals surface area contributed by atoms with E-state index in [1.165, 1.54) is 11.1 Å². The van der Waals surface area contributed by atoms with Crippen LogP contribution in [0.5, 0.6) is 0 Å². The molecule has 0 radical (unpaired) electrons. The molecule has 0 aliphatic carbocycles. The zero-order valence-electron chi connectivity index (χ0n) is 12.3. The third kappa shape index (κ3) is 5.17. The van der Waals surface area contributed by atoms with E-state index in [4.69, 9.17) is 17.3 Å². The summed E-state index contributed by atoms with van der Waals surface area (Å²) in [4.78, 5) is 14.2. The van der Waals surface area contributed by atoms with Crippen molar-refractivity contribution in [1.29, 1.82) is 0 Å². The Kier molecular flexibility index (Phi) is 8.09. The highest BCUT2D eigenvalue weighted by Crippen LogP contribution is 2.26. The molecule has 0 unspecified atom stereocenters. The summed E-state index contributed by atoms with van der Waals surface area (Å²) in [6, 6.07) is 5.96. The van der Waals surface area contributed by atoms with Crippen molar-refractivity contribution >= 4 is 29.9 Å². The third-order valence-electron chi connectivity index (χ3n) is 3.91. The Morgan fingerprint density at radius 2 is 2.00 bits per heavy atom. The van der Waals surface area contributed by atoms with E-state index in [0.717, 1.165) is 50.2 Å². The highest BCUT2D eigenvalue weighted by Gasteiger charge is 2.21. The predicted octanol–water partition coefficient (Wildman–Crippen LogP) is 3.56. The summed E-state index contributed by atoms with van der Waals surface area (Å²) in [5, 5.41) is 0.830. The van der Waals surface area contributed by atoms with Crippen LogP contribution in [0.1, 0.15) is 43.2 Å². The molecule has 1 amide bonds. The number of nitrogens with zero attached hydrogens (tertiary/aromatic N) is 1. The second-order valence-electron chi connectivity index (χ2n) is 5.40. The largest absolute Gasteiger partial charge is 0.338 e. The van der Waals surface area contributed by atoms with Gasteiger partial charge in [0.15, 0.2) is 0 Å². The molecule has 3 nitrogen and oxygen atoms in total. The second-order valence-corrected chi connectivity index (χ2v) is 5.80. The number of hydrogen-bond acceptors (Lipinski definition) is 2. The van der Waals surface area contributed by atoms with Crippen LogP contribution in [0.4, 0.5) is 0 Å². The fourth-order valence-corrected chi connectivity index (χ4v) is 3.00. The van der Waals surface area contributed by atoms with E-state index in [9.17, 15) is 4.79 Å². The maximum atomic E-state index is 12.2. The molecule has 0 bridgehead atoms. The van der Waals surface area contributed by atoms with Crippen molar-refractivity contribution in [2.75, 3.05) is 13.1 Å². The van der Waals surface area contributed by atoms with Crippen LogP contribution >= 0.6 is 24.0 Å². The van der Waals surface area contributed by atoms with Crippen molar-refractivity contribution in [3.63, 3.8) is 0 Å². The van der Waals surface area contributed by atoms with Gasteiger partial charge < -0.3 is 10.6 Å². The number of carbonyl (C=O) groups excluding carboxylic acids is 1. The van der Waals surface area contributed by atoms with Crippen molar-refractivity contribution in [3.8, 4) is 0 Å². The van der Waals surface area contributed by atoms with Crippen molar-refractivity contribution in [2.24, 2.45) is 5.73 Å². The quantitative estimate of drug-likeness (QED) is 0.810. The first-order valence-corrected chi connectivity index (χ1v) is 7.84. The number of carbonyl (C=O) groups is 1. The Balaban J connectivity index is 0.00000220. The number of fused-ring (bicyclic) bond motifs is 1. The van der Waals surface area contributed by atoms with Gasteiger partial charge in [-0.2, -0.15) is 0 Å². The average Bonchev–Trinajstić information content (AvgIpc) is 2.47. The van der Waals surface area contributed by atoms with E-state index >= 15 is 0 Å². The summed E-state index contributed by atoms with van der Waals surface area (Å²) in [5.74, 6) is 0.267. The van der Waals surface area contributed by atoms with Gasteiger partial charge in [0.05, 0.1) is 0 Å². The van der Waals surface area contributed by atoms with Crippen molar-refractivity contribution in [1.82, 2.24) is 4.90 Å². The molecule has 2 rings (SSSR count). The number of nitrogens with two attached hydrogens (primary N) is 1. The minimum Gasteiger partial charge on any atom is -0.338 e. The molecule has 1 aromatic carbocycles. The number of unbranched alkanes of at least 4 members (excludes halogenated alkanes) is 3. The molecule has 5 heteroatoms. The van der Waals surface area contributed by atoms with Gasteiger partial charge in [0.2, 0.25) is 5.91 Å². The number of hydrogen-bond donors (Lipinski definition) is 1. The number of amides is 1. The maximum absolute atomic E-state index is 12.2. The summed E-state index contributed by atoms with van der Waals surface area (Å²) in [6.45, 7) is 2.24. The molecule has 0 spiro atoms. The van der Waals surface area contributed by atoms with Crippen LogP contribution in [0.25, 0.3) is 0 Å². The highest BCUT2D eigenvalue weighted by atomic mass is 35.5. The van der Waals surface area contributed by atoms with Gasteiger partial charge in [-0.05, 0) is 43.0 Å². The normalized spacial score (nSPS) is 13.5. The molecule has 0 aromatic heterocycles. The van der Waals surface area contributed by atoms with Crippen molar-refractivity contribution in [3.05, 3.63) is 34.3 Å². The zero-order valence-corrected chi connectivity index (χ0v) is 13.9. The van der Waals surface area contributed by atoms with Crippen LogP contribution in [0, 0.1) is 0 Å². The van der Waals surface area contributed by atoms with E-state index < -0.39 is 0 Å². The average molecular weight is 331 g/mol. The Labute approximate surface area is 138 Å². The van der Waals surface area contributed by atoms with Gasteiger partial charge in [0.25, 0.3) is 0 Å². The molecule has 21 heavy (non-hydrogen) atoms. The molecular formula is C16H24Cl2N2O. The lowest BCUT2D eigenvalue weighted by molar-refractivity contribution is -0.132. The van der Waals surface area contributed by atoms with Gasteiger partial charge in [0, 0.05) is 24.5 Å². The van der Waals surface area contributed by atoms with Gasteiger partial charge in [-0.25, -0.2) is 0 Å². The van der Waals surface area contributed by atoms with Crippen molar-refractivity contribution < 1.29 is 4.79 Å². The molecule has 0 saturated carbocycles. The van der Waals surface area contributed by atoms with Crippen LogP contribution in [-0.2, 0) is 17.8 Å². The zero-order chi connectivity index (χ0) is 14.4. The molecule has 118 valence electrons. The van der Waals surface area contributed by atoms with Crippen LogP contribution in [0.2, 0.25) is 5.02 Å². The minimum absolute atomic E-state index is 0. The number of halogens is 2. The topological polar surface area (TPSA) is 46.3 Å². The molecule has 0 saturated heterocycles. The maximum Gasteiger partial charge on any atom is 0.222 e. The van der Waals surface area contributed by atoms with E-state index in [1.807, 2.05) is 17.0 Å². The Morgan fingerprint density at radius 3 is 2.76 bits per heavy atom. The summed E-state index contributed by atoms with van der Waals surface area (Å²) in [6.07, 6.45) is 5.78. The summed E-state index contributed by atoms with van der Waals surface area (Å²) >= 11 is 6.19. The van der Waals surface area contributed by atoms with Gasteiger partial charge in [-0.1, -0.05) is 36.6 Å². The highest BCUT2D eigenvalue weighted by molar-refractivity contribution is 6.31. The standard InChI is InChI=1S/C16H23ClN2O.ClH/c17-15-7-5-6-13-12-19(11-9-14(13)15)16(20)8-3-1-2-4-10-18;/h5-7H,1-4,8-12,18H2;1H. The molecular weight excluding hydrogens is 307 g/mol. The fraction of sp³-hybridized carbons (Fsp3) is 0.562. The number of benzene rings is 1. The third-order valence-corrected chi connectivity index (χ3v) is 4.26. The smallest absolute Gasteiger partial charge is 0.222 e. The monoisotopic (exact) mass is 330 g/mol. The van der Waals surface area contributed by atoms with Crippen LogP contribution in [0.3, 0.4) is 0 Å². The van der Waals surface area contributed by atoms with E-state index in [0.29, 0.717) is 13.0 Å². The summed E-state index contributed by atoms with van der Waals surface area (Å²) in [7, 11) is 0. The lowest BCUT2D eigenvalue weighted by Gasteiger charge is -2.29. The Bertz CT molecular complexity index is 466. The molecule has 0 fully saturated rings. The molecule has 1 aliphatic heterocycles. The van der Waals surface area contributed by atoms with E-state index in [-0.39, 0.29) is 18.3 Å². The molecule has 1 heterocycles. The SMILES string of the molecule is Cl.NCCCCCCC(=O)N1CCc2c(Cl)cccc2C1. The molecule has 1 aromatic rings. The molecule has 2 N–H and O–H groups in total. The predicted molar refractivity (Wildman–Crippen MR) is 90.0 cm³/mol. The van der Waals surface area contributed by atoms with Gasteiger partial charge in [-0.15, -0.1) is 12.4 Å². The van der Waals surface area contributed by atoms with E-state index in [2.05, 4.69) is 6.07 Å². The first-order valence-electron chi connectivity index (χ1n) is 7.46. The van der Waals surface area contributed by atoms with E-state index in [1.54, 1.807) is 0 Å². The summed E-state index contributed by atoms with van der Waals surface area (Å²) in [5.41, 5.74) is 7.86. The van der Waals surface area contributed by atoms with Crippen LogP contribution in [-0.4, -0.2) is 23.9 Å². The summed E-state index contributed by atoms with van der Waals surface area (Å²) < 4.78 is 0. The molecule has 1 aliphatic rings. The molecule has 0 atom stereocenters. The van der Waals surface area contributed by atoms with Crippen LogP contribution in [0.15, 0.2) is 18.2 Å². The van der Waals surface area contributed by atoms with Gasteiger partial charge in [0.1, 0.15) is 0 Å². The van der Waals surface area contributed by atoms with Crippen molar-refractivity contribution in [2.45, 2.75) is 45.1 Å². The lowest BCUT2D eigenvalue weighted by Crippen LogP contribution is -2.35. The first kappa shape index (κ1) is 18.3. The number of rotatable bonds is 6. The lowest BCUT2D eigenvalue weighted by atomic mass is 9.99.